The molecule has 9 heteroatoms. The van der Waals surface area contributed by atoms with Crippen molar-refractivity contribution >= 4 is 17.8 Å². The molecule has 3 atom stereocenters. The third kappa shape index (κ3) is 5.67. The molecular weight excluding hydrogens is 370 g/mol. The quantitative estimate of drug-likeness (QED) is 0.445. The standard InChI is InChI=1S/C20H35N7O2/c21-5-9-28-11-12-29-10-6-22-18-24-19(23-17-14-15-3-4-16(17)13-15)26-20(25-18)27-7-1-2-8-27/h15-17H,1-14,21H2,(H2,22,23,24,25,26). The van der Waals surface area contributed by atoms with Crippen LogP contribution < -0.4 is 21.3 Å². The predicted octanol–water partition coefficient (Wildman–Crippen LogP) is 1.48. The van der Waals surface area contributed by atoms with E-state index in [1.807, 2.05) is 0 Å². The van der Waals surface area contributed by atoms with E-state index in [4.69, 9.17) is 20.2 Å². The molecule has 162 valence electrons. The van der Waals surface area contributed by atoms with Gasteiger partial charge in [-0.2, -0.15) is 15.0 Å². The summed E-state index contributed by atoms with van der Waals surface area (Å²) in [5.41, 5.74) is 5.39. The second-order valence-electron chi connectivity index (χ2n) is 8.34. The van der Waals surface area contributed by atoms with Crippen molar-refractivity contribution in [2.45, 2.75) is 44.6 Å². The molecule has 3 aliphatic rings. The number of nitrogens with two attached hydrogens (primary N) is 1. The molecule has 0 aromatic carbocycles. The molecule has 2 saturated carbocycles. The molecule has 0 spiro atoms. The maximum Gasteiger partial charge on any atom is 0.231 e. The summed E-state index contributed by atoms with van der Waals surface area (Å²) in [5.74, 6) is 3.77. The monoisotopic (exact) mass is 405 g/mol. The summed E-state index contributed by atoms with van der Waals surface area (Å²) >= 11 is 0. The van der Waals surface area contributed by atoms with E-state index in [9.17, 15) is 0 Å². The fourth-order valence-electron chi connectivity index (χ4n) is 4.79. The van der Waals surface area contributed by atoms with Gasteiger partial charge in [0.1, 0.15) is 0 Å². The van der Waals surface area contributed by atoms with E-state index in [0.717, 1.165) is 30.9 Å². The van der Waals surface area contributed by atoms with Crippen LogP contribution in [0.2, 0.25) is 0 Å². The summed E-state index contributed by atoms with van der Waals surface area (Å²) in [5, 5.41) is 6.92. The number of hydrogen-bond donors (Lipinski definition) is 3. The molecule has 3 unspecified atom stereocenters. The van der Waals surface area contributed by atoms with Crippen LogP contribution in [-0.4, -0.2) is 73.6 Å². The van der Waals surface area contributed by atoms with Crippen molar-refractivity contribution in [2.24, 2.45) is 17.6 Å². The summed E-state index contributed by atoms with van der Waals surface area (Å²) in [6.45, 7) is 5.50. The lowest BCUT2D eigenvalue weighted by atomic mass is 9.95. The SMILES string of the molecule is NCCOCCOCCNc1nc(NC2CC3CCC2C3)nc(N2CCCC2)n1. The Balaban J connectivity index is 1.31. The molecule has 2 heterocycles. The third-order valence-electron chi connectivity index (χ3n) is 6.23. The van der Waals surface area contributed by atoms with Gasteiger partial charge in [0.15, 0.2) is 0 Å². The van der Waals surface area contributed by atoms with Crippen LogP contribution in [0.4, 0.5) is 17.8 Å². The van der Waals surface area contributed by atoms with Crippen LogP contribution in [-0.2, 0) is 9.47 Å². The van der Waals surface area contributed by atoms with E-state index >= 15 is 0 Å². The van der Waals surface area contributed by atoms with Crippen LogP contribution in [0.3, 0.4) is 0 Å². The summed E-state index contributed by atoms with van der Waals surface area (Å²) in [6, 6.07) is 0.507. The van der Waals surface area contributed by atoms with Crippen molar-refractivity contribution in [2.75, 3.05) is 68.1 Å². The average molecular weight is 406 g/mol. The number of aromatic nitrogens is 3. The Hall–Kier alpha value is -1.71. The van der Waals surface area contributed by atoms with Gasteiger partial charge in [-0.3, -0.25) is 0 Å². The largest absolute Gasteiger partial charge is 0.378 e. The molecule has 3 fully saturated rings. The zero-order valence-corrected chi connectivity index (χ0v) is 17.3. The van der Waals surface area contributed by atoms with Gasteiger partial charge < -0.3 is 30.7 Å². The molecule has 29 heavy (non-hydrogen) atoms. The van der Waals surface area contributed by atoms with Crippen LogP contribution in [0.5, 0.6) is 0 Å². The first-order chi connectivity index (χ1) is 14.3. The number of nitrogens with one attached hydrogen (secondary N) is 2. The number of anilines is 3. The van der Waals surface area contributed by atoms with Crippen LogP contribution in [0.1, 0.15) is 38.5 Å². The first-order valence-electron chi connectivity index (χ1n) is 11.2. The third-order valence-corrected chi connectivity index (χ3v) is 6.23. The Labute approximate surface area is 173 Å². The molecule has 4 rings (SSSR count). The van der Waals surface area contributed by atoms with Crippen molar-refractivity contribution in [1.29, 1.82) is 0 Å². The molecule has 1 aliphatic heterocycles. The fourth-order valence-corrected chi connectivity index (χ4v) is 4.79. The Morgan fingerprint density at radius 1 is 0.931 bits per heavy atom. The highest BCUT2D eigenvalue weighted by Crippen LogP contribution is 2.45. The minimum Gasteiger partial charge on any atom is -0.378 e. The number of nitrogens with zero attached hydrogens (tertiary/aromatic N) is 4. The number of ether oxygens (including phenoxy) is 2. The van der Waals surface area contributed by atoms with Gasteiger partial charge in [-0.15, -0.1) is 0 Å². The number of rotatable bonds is 12. The van der Waals surface area contributed by atoms with Crippen LogP contribution in [0.15, 0.2) is 0 Å². The van der Waals surface area contributed by atoms with E-state index in [2.05, 4.69) is 25.5 Å². The highest BCUT2D eigenvalue weighted by molar-refractivity contribution is 5.45. The summed E-state index contributed by atoms with van der Waals surface area (Å²) in [4.78, 5) is 16.3. The maximum atomic E-state index is 5.58. The average Bonchev–Trinajstić information content (AvgIpc) is 3.48. The zero-order chi connectivity index (χ0) is 19.9. The molecule has 1 saturated heterocycles. The molecule has 4 N–H and O–H groups in total. The Morgan fingerprint density at radius 2 is 1.72 bits per heavy atom. The van der Waals surface area contributed by atoms with Crippen molar-refractivity contribution in [3.05, 3.63) is 0 Å². The molecule has 0 amide bonds. The van der Waals surface area contributed by atoms with E-state index in [1.165, 1.54) is 38.5 Å². The van der Waals surface area contributed by atoms with Gasteiger partial charge in [0.05, 0.1) is 26.4 Å². The molecule has 2 bridgehead atoms. The van der Waals surface area contributed by atoms with E-state index in [0.29, 0.717) is 57.5 Å². The Kier molecular flexibility index (Phi) is 7.34. The minimum atomic E-state index is 0.507. The van der Waals surface area contributed by atoms with Crippen LogP contribution in [0, 0.1) is 11.8 Å². The summed E-state index contributed by atoms with van der Waals surface area (Å²) in [6.07, 6.45) is 7.73. The van der Waals surface area contributed by atoms with E-state index in [1.54, 1.807) is 0 Å². The first kappa shape index (κ1) is 20.6. The molecule has 0 radical (unpaired) electrons. The van der Waals surface area contributed by atoms with E-state index in [-0.39, 0.29) is 0 Å². The molecule has 1 aromatic rings. The number of fused-ring (bicyclic) bond motifs is 2. The molecular formula is C20H35N7O2. The van der Waals surface area contributed by atoms with Gasteiger partial charge in [0.2, 0.25) is 17.8 Å². The van der Waals surface area contributed by atoms with Gasteiger partial charge in [-0.25, -0.2) is 0 Å². The second-order valence-corrected chi connectivity index (χ2v) is 8.34. The normalized spacial score (nSPS) is 25.7. The van der Waals surface area contributed by atoms with Gasteiger partial charge in [-0.05, 0) is 43.9 Å². The smallest absolute Gasteiger partial charge is 0.231 e. The Morgan fingerprint density at radius 3 is 2.45 bits per heavy atom. The van der Waals surface area contributed by atoms with Gasteiger partial charge in [0.25, 0.3) is 0 Å². The van der Waals surface area contributed by atoms with Gasteiger partial charge in [0, 0.05) is 32.2 Å². The van der Waals surface area contributed by atoms with Crippen LogP contribution >= 0.6 is 0 Å². The minimum absolute atomic E-state index is 0.507. The van der Waals surface area contributed by atoms with E-state index < -0.39 is 0 Å². The fraction of sp³-hybridized carbons (Fsp3) is 0.850. The second kappa shape index (κ2) is 10.4. The predicted molar refractivity (Wildman–Crippen MR) is 113 cm³/mol. The van der Waals surface area contributed by atoms with Crippen molar-refractivity contribution in [1.82, 2.24) is 15.0 Å². The van der Waals surface area contributed by atoms with Crippen molar-refractivity contribution in [3.8, 4) is 0 Å². The van der Waals surface area contributed by atoms with Gasteiger partial charge in [-0.1, -0.05) is 6.42 Å². The summed E-state index contributed by atoms with van der Waals surface area (Å²) < 4.78 is 10.9. The molecule has 9 nitrogen and oxygen atoms in total. The Bertz CT molecular complexity index is 641. The summed E-state index contributed by atoms with van der Waals surface area (Å²) in [7, 11) is 0. The van der Waals surface area contributed by atoms with Crippen molar-refractivity contribution < 1.29 is 9.47 Å². The van der Waals surface area contributed by atoms with Crippen LogP contribution in [0.25, 0.3) is 0 Å². The highest BCUT2D eigenvalue weighted by Gasteiger charge is 2.39. The molecule has 1 aromatic heterocycles. The van der Waals surface area contributed by atoms with Gasteiger partial charge >= 0.3 is 0 Å². The maximum absolute atomic E-state index is 5.58. The lowest BCUT2D eigenvalue weighted by Gasteiger charge is -2.24. The molecule has 2 aliphatic carbocycles. The zero-order valence-electron chi connectivity index (χ0n) is 17.3. The van der Waals surface area contributed by atoms with Crippen molar-refractivity contribution in [3.63, 3.8) is 0 Å². The number of hydrogen-bond acceptors (Lipinski definition) is 9. The topological polar surface area (TPSA) is 110 Å². The lowest BCUT2D eigenvalue weighted by Crippen LogP contribution is -2.28. The highest BCUT2D eigenvalue weighted by atomic mass is 16.5. The first-order valence-corrected chi connectivity index (χ1v) is 11.2. The lowest BCUT2D eigenvalue weighted by molar-refractivity contribution is 0.0547.